The third-order valence-electron chi connectivity index (χ3n) is 8.96. The van der Waals surface area contributed by atoms with Gasteiger partial charge in [0.05, 0.1) is 6.67 Å². The van der Waals surface area contributed by atoms with Gasteiger partial charge in [-0.05, 0) is 65.9 Å². The van der Waals surface area contributed by atoms with Crippen molar-refractivity contribution < 1.29 is 23.9 Å². The number of benzene rings is 4. The molecular weight excluding hydrogens is 568 g/mol. The number of rotatable bonds is 7. The first kappa shape index (κ1) is 28.5. The standard InChI is InChI=1S/C36H34N4O5/c41-33(37-22-26-11-16-31-32(21-26)45-25-44-31)23-39-24-40(30-9-5-2-6-10-30)36(35(39)43)17-19-38(20-18-36)34(42)29-14-12-28(13-15-29)27-7-3-1-4-8-27/h1-16,21H,17-20,22-25H2,(H,37,41). The first-order valence-corrected chi connectivity index (χ1v) is 15.2. The molecule has 1 N–H and O–H groups in total. The van der Waals surface area contributed by atoms with E-state index in [9.17, 15) is 14.4 Å². The number of hydrogen-bond acceptors (Lipinski definition) is 6. The summed E-state index contributed by atoms with van der Waals surface area (Å²) < 4.78 is 10.8. The minimum Gasteiger partial charge on any atom is -0.454 e. The van der Waals surface area contributed by atoms with Gasteiger partial charge in [0.25, 0.3) is 11.8 Å². The molecular formula is C36H34N4O5. The predicted octanol–water partition coefficient (Wildman–Crippen LogP) is 4.68. The maximum atomic E-state index is 14.1. The number of carbonyl (C=O) groups excluding carboxylic acids is 3. The molecule has 0 bridgehead atoms. The van der Waals surface area contributed by atoms with Crippen molar-refractivity contribution >= 4 is 23.4 Å². The van der Waals surface area contributed by atoms with Gasteiger partial charge in [-0.3, -0.25) is 14.4 Å². The van der Waals surface area contributed by atoms with E-state index in [1.54, 1.807) is 4.90 Å². The maximum Gasteiger partial charge on any atom is 0.253 e. The van der Waals surface area contributed by atoms with Gasteiger partial charge in [-0.25, -0.2) is 0 Å². The second-order valence-corrected chi connectivity index (χ2v) is 11.6. The van der Waals surface area contributed by atoms with Crippen molar-refractivity contribution in [2.45, 2.75) is 24.9 Å². The second-order valence-electron chi connectivity index (χ2n) is 11.6. The molecule has 3 aliphatic heterocycles. The predicted molar refractivity (Wildman–Crippen MR) is 170 cm³/mol. The van der Waals surface area contributed by atoms with E-state index < -0.39 is 5.54 Å². The van der Waals surface area contributed by atoms with Crippen LogP contribution in [0.15, 0.2) is 103 Å². The highest BCUT2D eigenvalue weighted by Crippen LogP contribution is 2.40. The summed E-state index contributed by atoms with van der Waals surface area (Å²) in [5, 5.41) is 2.94. The Morgan fingerprint density at radius 1 is 0.778 bits per heavy atom. The second kappa shape index (κ2) is 12.0. The molecule has 9 nitrogen and oxygen atoms in total. The van der Waals surface area contributed by atoms with E-state index in [2.05, 4.69) is 10.2 Å². The largest absolute Gasteiger partial charge is 0.454 e. The molecule has 7 rings (SSSR count). The maximum absolute atomic E-state index is 14.1. The van der Waals surface area contributed by atoms with Gasteiger partial charge in [0.2, 0.25) is 12.7 Å². The van der Waals surface area contributed by atoms with Crippen LogP contribution in [0.5, 0.6) is 11.5 Å². The summed E-state index contributed by atoms with van der Waals surface area (Å²) in [6, 6.07) is 33.1. The number of para-hydroxylation sites is 1. The van der Waals surface area contributed by atoms with Crippen molar-refractivity contribution in [2.24, 2.45) is 0 Å². The van der Waals surface area contributed by atoms with Crippen LogP contribution in [-0.4, -0.2) is 66.2 Å². The Hall–Kier alpha value is -5.31. The fourth-order valence-electron chi connectivity index (χ4n) is 6.50. The molecule has 9 heteroatoms. The van der Waals surface area contributed by atoms with Crippen molar-refractivity contribution in [1.29, 1.82) is 0 Å². The van der Waals surface area contributed by atoms with Crippen molar-refractivity contribution in [1.82, 2.24) is 15.1 Å². The molecule has 3 heterocycles. The fraction of sp³-hybridized carbons (Fsp3) is 0.250. The summed E-state index contributed by atoms with van der Waals surface area (Å²) in [4.78, 5) is 46.2. The number of anilines is 1. The lowest BCUT2D eigenvalue weighted by atomic mass is 9.85. The molecule has 45 heavy (non-hydrogen) atoms. The van der Waals surface area contributed by atoms with Crippen LogP contribution in [0.3, 0.4) is 0 Å². The molecule has 228 valence electrons. The van der Waals surface area contributed by atoms with Crippen molar-refractivity contribution in [3.05, 3.63) is 114 Å². The fourth-order valence-corrected chi connectivity index (χ4v) is 6.50. The number of ether oxygens (including phenoxy) is 2. The van der Waals surface area contributed by atoms with Crippen LogP contribution >= 0.6 is 0 Å². The van der Waals surface area contributed by atoms with E-state index in [-0.39, 0.29) is 31.1 Å². The lowest BCUT2D eigenvalue weighted by Gasteiger charge is -2.43. The van der Waals surface area contributed by atoms with E-state index in [1.165, 1.54) is 0 Å². The topological polar surface area (TPSA) is 91.4 Å². The molecule has 0 unspecified atom stereocenters. The van der Waals surface area contributed by atoms with Crippen LogP contribution in [0, 0.1) is 0 Å². The summed E-state index contributed by atoms with van der Waals surface area (Å²) in [6.45, 7) is 1.64. The highest BCUT2D eigenvalue weighted by molar-refractivity contribution is 5.98. The zero-order valence-corrected chi connectivity index (χ0v) is 24.9. The Balaban J connectivity index is 1.02. The van der Waals surface area contributed by atoms with Gasteiger partial charge in [-0.2, -0.15) is 0 Å². The molecule has 3 amide bonds. The molecule has 4 aromatic rings. The van der Waals surface area contributed by atoms with E-state index in [4.69, 9.17) is 9.47 Å². The Labute approximate surface area is 262 Å². The third kappa shape index (κ3) is 5.57. The molecule has 4 aromatic carbocycles. The van der Waals surface area contributed by atoms with Gasteiger partial charge in [-0.1, -0.05) is 66.7 Å². The van der Waals surface area contributed by atoms with Gasteiger partial charge in [0.15, 0.2) is 11.5 Å². The monoisotopic (exact) mass is 602 g/mol. The number of nitrogens with one attached hydrogen (secondary N) is 1. The Kier molecular flexibility index (Phi) is 7.59. The summed E-state index contributed by atoms with van der Waals surface area (Å²) in [5.74, 6) is 0.987. The average Bonchev–Trinajstić information content (AvgIpc) is 3.67. The van der Waals surface area contributed by atoms with E-state index in [1.807, 2.05) is 108 Å². The average molecular weight is 603 g/mol. The number of hydrogen-bond donors (Lipinski definition) is 1. The van der Waals surface area contributed by atoms with Crippen LogP contribution in [0.1, 0.15) is 28.8 Å². The van der Waals surface area contributed by atoms with E-state index >= 15 is 0 Å². The molecule has 1 spiro atoms. The molecule has 0 atom stereocenters. The zero-order valence-electron chi connectivity index (χ0n) is 24.9. The quantitative estimate of drug-likeness (QED) is 0.331. The Morgan fingerprint density at radius 2 is 1.44 bits per heavy atom. The number of piperidine rings is 1. The van der Waals surface area contributed by atoms with E-state index in [0.717, 1.165) is 22.4 Å². The van der Waals surface area contributed by atoms with Gasteiger partial charge < -0.3 is 29.5 Å². The van der Waals surface area contributed by atoms with Crippen LogP contribution in [0.2, 0.25) is 0 Å². The van der Waals surface area contributed by atoms with Gasteiger partial charge in [0.1, 0.15) is 12.1 Å². The van der Waals surface area contributed by atoms with E-state index in [0.29, 0.717) is 56.2 Å². The van der Waals surface area contributed by atoms with Crippen LogP contribution in [-0.2, 0) is 16.1 Å². The smallest absolute Gasteiger partial charge is 0.253 e. The van der Waals surface area contributed by atoms with Crippen molar-refractivity contribution in [3.63, 3.8) is 0 Å². The molecule has 0 radical (unpaired) electrons. The molecule has 2 saturated heterocycles. The van der Waals surface area contributed by atoms with Gasteiger partial charge in [-0.15, -0.1) is 0 Å². The lowest BCUT2D eigenvalue weighted by molar-refractivity contribution is -0.137. The Bertz CT molecular complexity index is 1700. The minimum absolute atomic E-state index is 0.0408. The van der Waals surface area contributed by atoms with Gasteiger partial charge >= 0.3 is 0 Å². The van der Waals surface area contributed by atoms with Crippen LogP contribution < -0.4 is 19.7 Å². The van der Waals surface area contributed by atoms with Gasteiger partial charge in [0, 0.05) is 30.9 Å². The first-order chi connectivity index (χ1) is 22.0. The molecule has 3 aliphatic rings. The third-order valence-corrected chi connectivity index (χ3v) is 8.96. The summed E-state index contributed by atoms with van der Waals surface area (Å²) in [5.41, 5.74) is 3.76. The molecule has 0 aromatic heterocycles. The summed E-state index contributed by atoms with van der Waals surface area (Å²) in [7, 11) is 0. The highest BCUT2D eigenvalue weighted by Gasteiger charge is 2.54. The minimum atomic E-state index is -0.826. The summed E-state index contributed by atoms with van der Waals surface area (Å²) >= 11 is 0. The summed E-state index contributed by atoms with van der Waals surface area (Å²) in [6.07, 6.45) is 0.952. The van der Waals surface area contributed by atoms with Crippen LogP contribution in [0.4, 0.5) is 5.69 Å². The van der Waals surface area contributed by atoms with Crippen LogP contribution in [0.25, 0.3) is 11.1 Å². The Morgan fingerprint density at radius 3 is 2.18 bits per heavy atom. The first-order valence-electron chi connectivity index (χ1n) is 15.2. The normalized spacial score (nSPS) is 16.7. The number of nitrogens with zero attached hydrogens (tertiary/aromatic N) is 3. The molecule has 2 fully saturated rings. The van der Waals surface area contributed by atoms with Crippen molar-refractivity contribution in [3.8, 4) is 22.6 Å². The number of carbonyl (C=O) groups is 3. The number of likely N-dealkylation sites (tertiary alicyclic amines) is 1. The number of amides is 3. The lowest BCUT2D eigenvalue weighted by Crippen LogP contribution is -2.57. The number of fused-ring (bicyclic) bond motifs is 1. The van der Waals surface area contributed by atoms with Crippen molar-refractivity contribution in [2.75, 3.05) is 38.0 Å². The molecule has 0 aliphatic carbocycles. The highest BCUT2D eigenvalue weighted by atomic mass is 16.7. The molecule has 0 saturated carbocycles. The zero-order chi connectivity index (χ0) is 30.8. The SMILES string of the molecule is O=C(CN1CN(c2ccccc2)C2(CCN(C(=O)c3ccc(-c4ccccc4)cc3)CC2)C1=O)NCc1ccc2c(c1)OCO2.